The molecule has 2 aromatic heterocycles. The number of imidazole rings is 1. The zero-order valence-corrected chi connectivity index (χ0v) is 12.1. The number of halogens is 1. The van der Waals surface area contributed by atoms with Crippen LogP contribution in [0.2, 0.25) is 0 Å². The van der Waals surface area contributed by atoms with Gasteiger partial charge in [0.15, 0.2) is 0 Å². The number of benzene rings is 1. The normalized spacial score (nSPS) is 10.4. The van der Waals surface area contributed by atoms with E-state index in [1.165, 1.54) is 0 Å². The number of pyridine rings is 1. The van der Waals surface area contributed by atoms with Crippen molar-refractivity contribution in [3.63, 3.8) is 0 Å². The van der Waals surface area contributed by atoms with Crippen LogP contribution in [0.15, 0.2) is 53.3 Å². The quantitative estimate of drug-likeness (QED) is 0.800. The lowest BCUT2D eigenvalue weighted by Gasteiger charge is -2.06. The molecule has 0 amide bonds. The fourth-order valence-corrected chi connectivity index (χ4v) is 2.59. The number of nitrogens with one attached hydrogen (secondary N) is 1. The van der Waals surface area contributed by atoms with Crippen LogP contribution < -0.4 is 5.32 Å². The van der Waals surface area contributed by atoms with Gasteiger partial charge in [-0.1, -0.05) is 12.1 Å². The molecule has 0 aliphatic carbocycles. The molecule has 2 heterocycles. The first-order chi connectivity index (χ1) is 9.78. The smallest absolute Gasteiger partial charge is 0.134 e. The van der Waals surface area contributed by atoms with Gasteiger partial charge >= 0.3 is 0 Å². The fraction of sp³-hybridized carbons (Fsp3) is 0.0667. The lowest BCUT2D eigenvalue weighted by molar-refractivity contribution is 0.940. The molecule has 1 aromatic carbocycles. The maximum atomic E-state index is 8.89. The van der Waals surface area contributed by atoms with Crippen molar-refractivity contribution in [2.75, 3.05) is 5.32 Å². The summed E-state index contributed by atoms with van der Waals surface area (Å²) in [5.41, 5.74) is 2.59. The molecule has 0 saturated carbocycles. The first-order valence-corrected chi connectivity index (χ1v) is 6.93. The second kappa shape index (κ2) is 5.35. The number of hydrogen-bond acceptors (Lipinski definition) is 3. The molecule has 0 aliphatic rings. The van der Waals surface area contributed by atoms with Crippen molar-refractivity contribution in [1.82, 2.24) is 9.38 Å². The molecule has 3 aromatic rings. The third kappa shape index (κ3) is 2.38. The van der Waals surface area contributed by atoms with Gasteiger partial charge in [-0.3, -0.25) is 0 Å². The van der Waals surface area contributed by atoms with Gasteiger partial charge in [-0.15, -0.1) is 0 Å². The fourth-order valence-electron chi connectivity index (χ4n) is 2.07. The Hall–Kier alpha value is -2.32. The van der Waals surface area contributed by atoms with Crippen molar-refractivity contribution < 1.29 is 0 Å². The molecule has 0 unspecified atom stereocenters. The van der Waals surface area contributed by atoms with Crippen molar-refractivity contribution in [2.24, 2.45) is 0 Å². The second-order valence-corrected chi connectivity index (χ2v) is 5.07. The van der Waals surface area contributed by atoms with Gasteiger partial charge in [0.25, 0.3) is 0 Å². The highest BCUT2D eigenvalue weighted by molar-refractivity contribution is 9.10. The van der Waals surface area contributed by atoms with Crippen LogP contribution in [0, 0.1) is 11.3 Å². The Labute approximate surface area is 124 Å². The molecule has 0 bridgehead atoms. The van der Waals surface area contributed by atoms with Crippen molar-refractivity contribution in [1.29, 1.82) is 5.26 Å². The molecule has 98 valence electrons. The van der Waals surface area contributed by atoms with Crippen molar-refractivity contribution in [2.45, 2.75) is 6.54 Å². The van der Waals surface area contributed by atoms with Crippen LogP contribution in [0.1, 0.15) is 11.4 Å². The summed E-state index contributed by atoms with van der Waals surface area (Å²) in [4.78, 5) is 4.50. The van der Waals surface area contributed by atoms with E-state index < -0.39 is 0 Å². The molecular formula is C15H11BrN4. The van der Waals surface area contributed by atoms with E-state index in [-0.39, 0.29) is 0 Å². The number of nitrogens with zero attached hydrogens (tertiary/aromatic N) is 3. The summed E-state index contributed by atoms with van der Waals surface area (Å²) >= 11 is 3.46. The molecule has 0 atom stereocenters. The standard InChI is InChI=1S/C15H11BrN4/c16-15-13-6-1-2-7-20(13)14(19-15)10-18-12-5-3-4-11(8-12)9-17/h1-8,18H,10H2. The Balaban J connectivity index is 1.85. The number of nitriles is 1. The Morgan fingerprint density at radius 3 is 3.00 bits per heavy atom. The van der Waals surface area contributed by atoms with E-state index in [2.05, 4.69) is 32.3 Å². The molecule has 0 aliphatic heterocycles. The Bertz CT molecular complexity index is 801. The van der Waals surface area contributed by atoms with Crippen LogP contribution in [0.5, 0.6) is 0 Å². The molecule has 5 heteroatoms. The maximum Gasteiger partial charge on any atom is 0.134 e. The maximum absolute atomic E-state index is 8.89. The SMILES string of the molecule is N#Cc1cccc(NCc2nc(Br)c3ccccn23)c1. The zero-order valence-electron chi connectivity index (χ0n) is 10.5. The third-order valence-electron chi connectivity index (χ3n) is 3.02. The van der Waals surface area contributed by atoms with E-state index in [0.29, 0.717) is 12.1 Å². The van der Waals surface area contributed by atoms with Crippen LogP contribution in [-0.2, 0) is 6.54 Å². The number of aromatic nitrogens is 2. The van der Waals surface area contributed by atoms with Crippen molar-refractivity contribution >= 4 is 27.1 Å². The summed E-state index contributed by atoms with van der Waals surface area (Å²) in [5.74, 6) is 0.912. The van der Waals surface area contributed by atoms with Gasteiger partial charge in [-0.05, 0) is 46.3 Å². The molecule has 1 N–H and O–H groups in total. The molecule has 4 nitrogen and oxygen atoms in total. The largest absolute Gasteiger partial charge is 0.378 e. The summed E-state index contributed by atoms with van der Waals surface area (Å²) < 4.78 is 2.87. The van der Waals surface area contributed by atoms with Crippen LogP contribution in [0.4, 0.5) is 5.69 Å². The molecular weight excluding hydrogens is 316 g/mol. The summed E-state index contributed by atoms with van der Waals surface area (Å²) in [6.07, 6.45) is 1.98. The van der Waals surface area contributed by atoms with Crippen LogP contribution >= 0.6 is 15.9 Å². The number of rotatable bonds is 3. The van der Waals surface area contributed by atoms with E-state index in [0.717, 1.165) is 21.6 Å². The Morgan fingerprint density at radius 1 is 1.25 bits per heavy atom. The highest BCUT2D eigenvalue weighted by Gasteiger charge is 2.07. The molecule has 20 heavy (non-hydrogen) atoms. The van der Waals surface area contributed by atoms with Gasteiger partial charge in [0.1, 0.15) is 10.4 Å². The van der Waals surface area contributed by atoms with Gasteiger partial charge in [0.2, 0.25) is 0 Å². The van der Waals surface area contributed by atoms with E-state index >= 15 is 0 Å². The number of anilines is 1. The van der Waals surface area contributed by atoms with E-state index in [1.54, 1.807) is 6.07 Å². The molecule has 0 radical (unpaired) electrons. The first kappa shape index (κ1) is 12.7. The van der Waals surface area contributed by atoms with Gasteiger partial charge in [0, 0.05) is 11.9 Å². The van der Waals surface area contributed by atoms with Gasteiger partial charge in [-0.25, -0.2) is 4.98 Å². The monoisotopic (exact) mass is 326 g/mol. The second-order valence-electron chi connectivity index (χ2n) is 4.32. The molecule has 0 fully saturated rings. The Morgan fingerprint density at radius 2 is 2.15 bits per heavy atom. The number of fused-ring (bicyclic) bond motifs is 1. The highest BCUT2D eigenvalue weighted by Crippen LogP contribution is 2.19. The van der Waals surface area contributed by atoms with Crippen molar-refractivity contribution in [3.8, 4) is 6.07 Å². The highest BCUT2D eigenvalue weighted by atomic mass is 79.9. The van der Waals surface area contributed by atoms with Gasteiger partial charge in [-0.2, -0.15) is 5.26 Å². The van der Waals surface area contributed by atoms with E-state index in [1.807, 2.05) is 47.0 Å². The summed E-state index contributed by atoms with van der Waals surface area (Å²) in [7, 11) is 0. The van der Waals surface area contributed by atoms with E-state index in [4.69, 9.17) is 5.26 Å². The predicted molar refractivity (Wildman–Crippen MR) is 81.4 cm³/mol. The number of hydrogen-bond donors (Lipinski definition) is 1. The van der Waals surface area contributed by atoms with Crippen LogP contribution in [0.25, 0.3) is 5.52 Å². The lowest BCUT2D eigenvalue weighted by atomic mass is 10.2. The minimum absolute atomic E-state index is 0.589. The molecule has 3 rings (SSSR count). The summed E-state index contributed by atoms with van der Waals surface area (Å²) in [5, 5.41) is 12.2. The van der Waals surface area contributed by atoms with Crippen molar-refractivity contribution in [3.05, 3.63) is 64.7 Å². The molecule has 0 spiro atoms. The van der Waals surface area contributed by atoms with Crippen LogP contribution in [-0.4, -0.2) is 9.38 Å². The lowest BCUT2D eigenvalue weighted by Crippen LogP contribution is -2.04. The first-order valence-electron chi connectivity index (χ1n) is 6.13. The predicted octanol–water partition coefficient (Wildman–Crippen LogP) is 3.58. The minimum atomic E-state index is 0.589. The summed E-state index contributed by atoms with van der Waals surface area (Å²) in [6, 6.07) is 15.5. The Kier molecular flexibility index (Phi) is 3.40. The average Bonchev–Trinajstić information content (AvgIpc) is 2.82. The average molecular weight is 327 g/mol. The van der Waals surface area contributed by atoms with E-state index in [9.17, 15) is 0 Å². The third-order valence-corrected chi connectivity index (χ3v) is 3.60. The molecule has 0 saturated heterocycles. The summed E-state index contributed by atoms with van der Waals surface area (Å²) in [6.45, 7) is 0.589. The zero-order chi connectivity index (χ0) is 13.9. The van der Waals surface area contributed by atoms with Gasteiger partial charge < -0.3 is 9.72 Å². The van der Waals surface area contributed by atoms with Gasteiger partial charge in [0.05, 0.1) is 23.7 Å². The van der Waals surface area contributed by atoms with Crippen LogP contribution in [0.3, 0.4) is 0 Å². The topological polar surface area (TPSA) is 53.1 Å². The minimum Gasteiger partial charge on any atom is -0.378 e.